The topological polar surface area (TPSA) is 72.5 Å². The van der Waals surface area contributed by atoms with Crippen LogP contribution in [-0.4, -0.2) is 33.6 Å². The van der Waals surface area contributed by atoms with Crippen LogP contribution in [0.15, 0.2) is 23.1 Å². The van der Waals surface area contributed by atoms with Gasteiger partial charge in [-0.3, -0.25) is 4.79 Å². The number of nitrogens with one attached hydrogen (secondary N) is 1. The third-order valence-electron chi connectivity index (χ3n) is 3.74. The largest absolute Gasteiger partial charge is 0.381 e. The van der Waals surface area contributed by atoms with E-state index in [9.17, 15) is 13.2 Å². The van der Waals surface area contributed by atoms with E-state index in [1.54, 1.807) is 19.1 Å². The van der Waals surface area contributed by atoms with Gasteiger partial charge in [-0.25, -0.2) is 8.42 Å². The van der Waals surface area contributed by atoms with Crippen LogP contribution in [-0.2, 0) is 13.8 Å². The second-order valence-corrected chi connectivity index (χ2v) is 7.84. The Kier molecular flexibility index (Phi) is 4.91. The molecule has 0 radical (unpaired) electrons. The summed E-state index contributed by atoms with van der Waals surface area (Å²) >= 11 is 0. The summed E-state index contributed by atoms with van der Waals surface area (Å²) < 4.78 is 28.3. The van der Waals surface area contributed by atoms with Gasteiger partial charge in [-0.15, -0.1) is 0 Å². The van der Waals surface area contributed by atoms with Gasteiger partial charge in [0, 0.05) is 34.8 Å². The number of carbonyl (C=O) groups excluding carboxylic acids is 1. The third-order valence-corrected chi connectivity index (χ3v) is 5.21. The lowest BCUT2D eigenvalue weighted by Gasteiger charge is -2.19. The van der Waals surface area contributed by atoms with Crippen molar-refractivity contribution < 1.29 is 17.9 Å². The van der Waals surface area contributed by atoms with Gasteiger partial charge in [0.25, 0.3) is 15.0 Å². The van der Waals surface area contributed by atoms with E-state index in [1.807, 2.05) is 6.92 Å². The third kappa shape index (κ3) is 3.96. The SMILES string of the molecule is Cc1ccc(C(=O)NC(C)C2CCOC2)cc1S(=O)(=O)Cl. The number of aryl methyl sites for hydroxylation is 1. The molecule has 1 N–H and O–H groups in total. The highest BCUT2D eigenvalue weighted by molar-refractivity contribution is 8.13. The number of hydrogen-bond acceptors (Lipinski definition) is 4. The van der Waals surface area contributed by atoms with Gasteiger partial charge in [0.15, 0.2) is 0 Å². The molecule has 2 rings (SSSR count). The predicted molar refractivity (Wildman–Crippen MR) is 80.1 cm³/mol. The average molecular weight is 332 g/mol. The highest BCUT2D eigenvalue weighted by Gasteiger charge is 2.24. The molecule has 1 saturated heterocycles. The first-order valence-electron chi connectivity index (χ1n) is 6.73. The lowest BCUT2D eigenvalue weighted by molar-refractivity contribution is 0.0922. The molecule has 2 unspecified atom stereocenters. The minimum absolute atomic E-state index is 0.0302. The summed E-state index contributed by atoms with van der Waals surface area (Å²) in [6, 6.07) is 4.45. The smallest absolute Gasteiger partial charge is 0.261 e. The average Bonchev–Trinajstić information content (AvgIpc) is 2.91. The molecule has 1 heterocycles. The maximum atomic E-state index is 12.2. The van der Waals surface area contributed by atoms with Gasteiger partial charge in [-0.1, -0.05) is 6.07 Å². The molecule has 5 nitrogen and oxygen atoms in total. The van der Waals surface area contributed by atoms with Gasteiger partial charge in [0.2, 0.25) is 0 Å². The standard InChI is InChI=1S/C14H18ClNO4S/c1-9-3-4-11(7-13(9)21(15,18)19)14(17)16-10(2)12-5-6-20-8-12/h3-4,7,10,12H,5-6,8H2,1-2H3,(H,16,17). The van der Waals surface area contributed by atoms with Crippen LogP contribution >= 0.6 is 10.7 Å². The highest BCUT2D eigenvalue weighted by atomic mass is 35.7. The van der Waals surface area contributed by atoms with Crippen molar-refractivity contribution in [3.05, 3.63) is 29.3 Å². The maximum absolute atomic E-state index is 12.2. The summed E-state index contributed by atoms with van der Waals surface area (Å²) in [5, 5.41) is 2.88. The fourth-order valence-corrected chi connectivity index (χ4v) is 3.58. The van der Waals surface area contributed by atoms with E-state index >= 15 is 0 Å². The number of hydrogen-bond donors (Lipinski definition) is 1. The molecule has 0 aromatic heterocycles. The molecule has 116 valence electrons. The fourth-order valence-electron chi connectivity index (χ4n) is 2.36. The Labute approximate surface area is 129 Å². The molecule has 0 saturated carbocycles. The second-order valence-electron chi connectivity index (χ2n) is 5.30. The van der Waals surface area contributed by atoms with Crippen molar-refractivity contribution in [3.63, 3.8) is 0 Å². The van der Waals surface area contributed by atoms with Crippen LogP contribution in [0.2, 0.25) is 0 Å². The Bertz CT molecular complexity index is 638. The molecule has 1 aliphatic rings. The van der Waals surface area contributed by atoms with Gasteiger partial charge in [0.05, 0.1) is 11.5 Å². The van der Waals surface area contributed by atoms with Gasteiger partial charge in [-0.05, 0) is 38.0 Å². The molecular weight excluding hydrogens is 314 g/mol. The second kappa shape index (κ2) is 6.34. The lowest BCUT2D eigenvalue weighted by atomic mass is 10.0. The van der Waals surface area contributed by atoms with E-state index in [1.165, 1.54) is 6.07 Å². The van der Waals surface area contributed by atoms with Crippen molar-refractivity contribution in [1.82, 2.24) is 5.32 Å². The van der Waals surface area contributed by atoms with Crippen LogP contribution in [0.5, 0.6) is 0 Å². The number of rotatable bonds is 4. The van der Waals surface area contributed by atoms with E-state index < -0.39 is 9.05 Å². The molecular formula is C14H18ClNO4S. The van der Waals surface area contributed by atoms with Crippen LogP contribution in [0.1, 0.15) is 29.3 Å². The van der Waals surface area contributed by atoms with Crippen molar-refractivity contribution in [3.8, 4) is 0 Å². The molecule has 0 aliphatic carbocycles. The Morgan fingerprint density at radius 1 is 1.48 bits per heavy atom. The number of ether oxygens (including phenoxy) is 1. The quantitative estimate of drug-likeness (QED) is 0.857. The Morgan fingerprint density at radius 3 is 2.76 bits per heavy atom. The van der Waals surface area contributed by atoms with E-state index in [4.69, 9.17) is 15.4 Å². The Balaban J connectivity index is 2.16. The lowest BCUT2D eigenvalue weighted by Crippen LogP contribution is -2.38. The monoisotopic (exact) mass is 331 g/mol. The number of benzene rings is 1. The highest BCUT2D eigenvalue weighted by Crippen LogP contribution is 2.22. The van der Waals surface area contributed by atoms with Crippen molar-refractivity contribution >= 4 is 25.6 Å². The number of halogens is 1. The number of amides is 1. The van der Waals surface area contributed by atoms with Crippen molar-refractivity contribution in [2.75, 3.05) is 13.2 Å². The molecule has 1 fully saturated rings. The summed E-state index contributed by atoms with van der Waals surface area (Å²) in [6.45, 7) is 4.90. The molecule has 1 aromatic carbocycles. The zero-order valence-corrected chi connectivity index (χ0v) is 13.5. The summed E-state index contributed by atoms with van der Waals surface area (Å²) in [5.74, 6) is -0.0217. The summed E-state index contributed by atoms with van der Waals surface area (Å²) in [4.78, 5) is 12.2. The van der Waals surface area contributed by atoms with Crippen LogP contribution in [0.3, 0.4) is 0 Å². The summed E-state index contributed by atoms with van der Waals surface area (Å²) in [6.07, 6.45) is 0.913. The molecule has 0 spiro atoms. The van der Waals surface area contributed by atoms with E-state index in [-0.39, 0.29) is 28.3 Å². The molecule has 21 heavy (non-hydrogen) atoms. The minimum atomic E-state index is -3.86. The van der Waals surface area contributed by atoms with Crippen LogP contribution in [0, 0.1) is 12.8 Å². The van der Waals surface area contributed by atoms with Crippen LogP contribution in [0.4, 0.5) is 0 Å². The number of carbonyl (C=O) groups is 1. The molecule has 0 bridgehead atoms. The van der Waals surface area contributed by atoms with Gasteiger partial charge < -0.3 is 10.1 Å². The summed E-state index contributed by atoms with van der Waals surface area (Å²) in [5.41, 5.74) is 0.796. The zero-order valence-electron chi connectivity index (χ0n) is 11.9. The van der Waals surface area contributed by atoms with E-state index in [0.29, 0.717) is 18.8 Å². The zero-order chi connectivity index (χ0) is 15.6. The van der Waals surface area contributed by atoms with Gasteiger partial charge in [-0.2, -0.15) is 0 Å². The predicted octanol–water partition coefficient (Wildman–Crippen LogP) is 2.08. The van der Waals surface area contributed by atoms with Crippen molar-refractivity contribution in [2.24, 2.45) is 5.92 Å². The maximum Gasteiger partial charge on any atom is 0.261 e. The van der Waals surface area contributed by atoms with Crippen molar-refractivity contribution in [1.29, 1.82) is 0 Å². The summed E-state index contributed by atoms with van der Waals surface area (Å²) in [7, 11) is 1.51. The Morgan fingerprint density at radius 2 is 2.19 bits per heavy atom. The molecule has 1 aliphatic heterocycles. The molecule has 7 heteroatoms. The van der Waals surface area contributed by atoms with E-state index in [2.05, 4.69) is 5.32 Å². The minimum Gasteiger partial charge on any atom is -0.381 e. The first kappa shape index (κ1) is 16.3. The Hall–Kier alpha value is -1.11. The van der Waals surface area contributed by atoms with Crippen LogP contribution in [0.25, 0.3) is 0 Å². The molecule has 1 aromatic rings. The van der Waals surface area contributed by atoms with E-state index in [0.717, 1.165) is 6.42 Å². The normalized spacial score (nSPS) is 20.2. The first-order chi connectivity index (χ1) is 9.79. The van der Waals surface area contributed by atoms with Crippen LogP contribution < -0.4 is 5.32 Å². The van der Waals surface area contributed by atoms with Gasteiger partial charge >= 0.3 is 0 Å². The molecule has 1 amide bonds. The van der Waals surface area contributed by atoms with Gasteiger partial charge in [0.1, 0.15) is 0 Å². The van der Waals surface area contributed by atoms with Crippen molar-refractivity contribution in [2.45, 2.75) is 31.2 Å². The first-order valence-corrected chi connectivity index (χ1v) is 9.04. The molecule has 2 atom stereocenters. The fraction of sp³-hybridized carbons (Fsp3) is 0.500.